The first-order chi connectivity index (χ1) is 3.81. The van der Waals surface area contributed by atoms with E-state index in [2.05, 4.69) is 9.22 Å². The van der Waals surface area contributed by atoms with E-state index in [9.17, 15) is 5.11 Å². The van der Waals surface area contributed by atoms with E-state index in [1.54, 1.807) is 6.92 Å². The monoisotopic (exact) mass is 174 g/mol. The van der Waals surface area contributed by atoms with E-state index in [4.69, 9.17) is 0 Å². The van der Waals surface area contributed by atoms with Crippen molar-refractivity contribution in [2.75, 3.05) is 7.11 Å². The second kappa shape index (κ2) is 9.45. The van der Waals surface area contributed by atoms with Crippen molar-refractivity contribution in [2.24, 2.45) is 0 Å². The molecule has 3 nitrogen and oxygen atoms in total. The molecule has 0 amide bonds. The minimum Gasteiger partial charge on any atom is -0.877 e. The zero-order valence-corrected chi connectivity index (χ0v) is 9.65. The normalized spacial score (nSPS) is 10.7. The molecule has 0 radical (unpaired) electrons. The molecular weight excluding hydrogens is 167 g/mol. The van der Waals surface area contributed by atoms with Gasteiger partial charge in [-0.3, -0.25) is 0 Å². The Bertz CT molecular complexity index is 85.9. The molecule has 0 aliphatic rings. The van der Waals surface area contributed by atoms with Crippen LogP contribution in [0.25, 0.3) is 0 Å². The van der Waals surface area contributed by atoms with Crippen molar-refractivity contribution in [2.45, 2.75) is 6.92 Å². The quantitative estimate of drug-likeness (QED) is 0.155. The van der Waals surface area contributed by atoms with Crippen LogP contribution in [0.1, 0.15) is 6.92 Å². The fraction of sp³-hybridized carbons (Fsp3) is 0.500. The van der Waals surface area contributed by atoms with Gasteiger partial charge in [0.25, 0.3) is 0 Å². The van der Waals surface area contributed by atoms with Gasteiger partial charge in [0, 0.05) is 0 Å². The molecule has 0 unspecified atom stereocenters. The summed E-state index contributed by atoms with van der Waals surface area (Å²) in [5.74, 6) is 0. The average molecular weight is 174 g/mol. The fourth-order valence-electron chi connectivity index (χ4n) is 0.107. The Morgan fingerprint density at radius 3 is 2.56 bits per heavy atom. The van der Waals surface area contributed by atoms with Crippen LogP contribution in [0, 0.1) is 0 Å². The minimum atomic E-state index is 0. The predicted octanol–water partition coefficient (Wildman–Crippen LogP) is -2.56. The van der Waals surface area contributed by atoms with Crippen molar-refractivity contribution in [3.8, 4) is 0 Å². The summed E-state index contributed by atoms with van der Waals surface area (Å²) in [6.07, 6.45) is 0.698. The zero-order chi connectivity index (χ0) is 6.41. The summed E-state index contributed by atoms with van der Waals surface area (Å²) < 4.78 is 4.33. The third-order valence-corrected chi connectivity index (χ3v) is 0.963. The maximum absolute atomic E-state index is 9.82. The first kappa shape index (κ1) is 13.1. The molecule has 0 aliphatic carbocycles. The van der Waals surface area contributed by atoms with Crippen LogP contribution >= 0.6 is 12.0 Å². The molecule has 0 aromatic rings. The van der Waals surface area contributed by atoms with Crippen molar-refractivity contribution >= 4 is 12.0 Å². The molecule has 9 heavy (non-hydrogen) atoms. The number of rotatable bonds is 3. The van der Waals surface area contributed by atoms with Crippen LogP contribution < -0.4 is 56.5 Å². The van der Waals surface area contributed by atoms with E-state index < -0.39 is 0 Å². The summed E-state index contributed by atoms with van der Waals surface area (Å²) >= 11 is 0.903. The Morgan fingerprint density at radius 1 is 1.67 bits per heavy atom. The molecule has 0 bridgehead atoms. The molecule has 0 aliphatic heterocycles. The standard InChI is InChI=1S/C4H8O3S.K/c1-4(3-5)8-7-6-2;/h3,5H,1-2H3;/q;+1/p-1/b4-3+;. The van der Waals surface area contributed by atoms with Crippen molar-refractivity contribution in [1.29, 1.82) is 0 Å². The molecule has 0 atom stereocenters. The van der Waals surface area contributed by atoms with E-state index in [-0.39, 0.29) is 51.4 Å². The van der Waals surface area contributed by atoms with Crippen LogP contribution in [0.5, 0.6) is 0 Å². The molecule has 0 saturated carbocycles. The largest absolute Gasteiger partial charge is 1.00 e. The smallest absolute Gasteiger partial charge is 0.877 e. The summed E-state index contributed by atoms with van der Waals surface area (Å²) in [4.78, 5) is 4.73. The van der Waals surface area contributed by atoms with Gasteiger partial charge >= 0.3 is 51.4 Å². The number of hydrogen-bond donors (Lipinski definition) is 0. The number of allylic oxidation sites excluding steroid dienone is 1. The second-order valence-corrected chi connectivity index (χ2v) is 1.99. The SMILES string of the molecule is COOS/C(C)=C/[O-].[K+]. The average Bonchev–Trinajstić information content (AvgIpc) is 1.83. The van der Waals surface area contributed by atoms with Crippen molar-refractivity contribution in [1.82, 2.24) is 0 Å². The van der Waals surface area contributed by atoms with Crippen LogP contribution in [0.2, 0.25) is 0 Å². The molecule has 0 N–H and O–H groups in total. The third-order valence-electron chi connectivity index (χ3n) is 0.399. The van der Waals surface area contributed by atoms with Crippen molar-refractivity contribution in [3.05, 3.63) is 11.2 Å². The maximum Gasteiger partial charge on any atom is 1.00 e. The van der Waals surface area contributed by atoms with Gasteiger partial charge in [-0.1, -0.05) is 0 Å². The fourth-order valence-corrected chi connectivity index (χ4v) is 0.322. The molecule has 0 spiro atoms. The molecule has 0 rings (SSSR count). The Morgan fingerprint density at radius 2 is 2.22 bits per heavy atom. The number of hydrogen-bond acceptors (Lipinski definition) is 4. The summed E-state index contributed by atoms with van der Waals surface area (Å²) in [6.45, 7) is 1.64. The molecule has 0 aromatic carbocycles. The van der Waals surface area contributed by atoms with Crippen LogP contribution in [0.4, 0.5) is 0 Å². The maximum atomic E-state index is 9.82. The summed E-state index contributed by atoms with van der Waals surface area (Å²) in [5, 5.41) is 9.82. The molecule has 5 heteroatoms. The second-order valence-electron chi connectivity index (χ2n) is 1.05. The van der Waals surface area contributed by atoms with Crippen molar-refractivity contribution < 1.29 is 65.7 Å². The van der Waals surface area contributed by atoms with Crippen LogP contribution in [0.15, 0.2) is 11.2 Å². The van der Waals surface area contributed by atoms with Gasteiger partial charge in [0.1, 0.15) is 0 Å². The molecule has 0 aromatic heterocycles. The third kappa shape index (κ3) is 9.45. The summed E-state index contributed by atoms with van der Waals surface area (Å²) in [6, 6.07) is 0. The van der Waals surface area contributed by atoms with E-state index in [1.165, 1.54) is 7.11 Å². The molecule has 48 valence electrons. The van der Waals surface area contributed by atoms with Crippen LogP contribution in [-0.4, -0.2) is 7.11 Å². The van der Waals surface area contributed by atoms with E-state index in [0.717, 1.165) is 12.0 Å². The van der Waals surface area contributed by atoms with Gasteiger partial charge in [0.15, 0.2) is 0 Å². The van der Waals surface area contributed by atoms with Gasteiger partial charge in [-0.2, -0.15) is 4.33 Å². The summed E-state index contributed by atoms with van der Waals surface area (Å²) in [7, 11) is 1.38. The van der Waals surface area contributed by atoms with Gasteiger partial charge in [-0.15, -0.1) is 6.26 Å². The minimum absolute atomic E-state index is 0. The Kier molecular flexibility index (Phi) is 13.7. The van der Waals surface area contributed by atoms with E-state index in [0.29, 0.717) is 11.2 Å². The Labute approximate surface area is 101 Å². The van der Waals surface area contributed by atoms with E-state index in [1.807, 2.05) is 0 Å². The van der Waals surface area contributed by atoms with Crippen LogP contribution in [-0.2, 0) is 9.22 Å². The first-order valence-electron chi connectivity index (χ1n) is 1.97. The van der Waals surface area contributed by atoms with Gasteiger partial charge < -0.3 is 5.11 Å². The van der Waals surface area contributed by atoms with Gasteiger partial charge in [0.05, 0.1) is 19.2 Å². The van der Waals surface area contributed by atoms with Gasteiger partial charge in [0.2, 0.25) is 0 Å². The molecular formula is C4H7KO3S. The Balaban J connectivity index is 0. The van der Waals surface area contributed by atoms with E-state index >= 15 is 0 Å². The summed E-state index contributed by atoms with van der Waals surface area (Å²) in [5.41, 5.74) is 0. The molecule has 0 heterocycles. The Hall–Kier alpha value is 1.45. The zero-order valence-electron chi connectivity index (χ0n) is 5.71. The van der Waals surface area contributed by atoms with Gasteiger partial charge in [-0.25, -0.2) is 4.89 Å². The molecule has 0 saturated heterocycles. The van der Waals surface area contributed by atoms with Gasteiger partial charge in [-0.05, 0) is 11.8 Å². The van der Waals surface area contributed by atoms with Crippen molar-refractivity contribution in [3.63, 3.8) is 0 Å². The predicted molar refractivity (Wildman–Crippen MR) is 29.4 cm³/mol. The topological polar surface area (TPSA) is 41.5 Å². The first-order valence-corrected chi connectivity index (χ1v) is 2.71. The van der Waals surface area contributed by atoms with Crippen LogP contribution in [0.3, 0.4) is 0 Å². The molecule has 0 fully saturated rings.